The zero-order valence-corrected chi connectivity index (χ0v) is 18.6. The number of nitrogens with one attached hydrogen (secondary N) is 1. The third-order valence-electron chi connectivity index (χ3n) is 5.24. The van der Waals surface area contributed by atoms with Gasteiger partial charge >= 0.3 is 5.97 Å². The van der Waals surface area contributed by atoms with Gasteiger partial charge in [-0.3, -0.25) is 4.79 Å². The van der Waals surface area contributed by atoms with Crippen molar-refractivity contribution in [3.63, 3.8) is 0 Å². The third kappa shape index (κ3) is 6.38. The van der Waals surface area contributed by atoms with Crippen LogP contribution in [-0.4, -0.2) is 44.9 Å². The average Bonchev–Trinajstić information content (AvgIpc) is 2.76. The van der Waals surface area contributed by atoms with Crippen LogP contribution in [-0.2, 0) is 26.1 Å². The number of amides is 1. The van der Waals surface area contributed by atoms with Crippen LogP contribution in [0, 0.1) is 11.8 Å². The highest BCUT2D eigenvalue weighted by atomic mass is 32.2. The number of hydrogen-bond acceptors (Lipinski definition) is 5. The molecule has 1 saturated heterocycles. The monoisotopic (exact) mass is 444 g/mol. The fourth-order valence-electron chi connectivity index (χ4n) is 3.82. The Hall–Kier alpha value is -2.71. The number of esters is 1. The van der Waals surface area contributed by atoms with E-state index in [9.17, 15) is 18.0 Å². The van der Waals surface area contributed by atoms with E-state index in [0.29, 0.717) is 24.9 Å². The molecule has 3 rings (SSSR count). The van der Waals surface area contributed by atoms with Gasteiger partial charge in [0.25, 0.3) is 5.91 Å². The van der Waals surface area contributed by atoms with Crippen molar-refractivity contribution in [3.05, 3.63) is 65.7 Å². The molecule has 1 N–H and O–H groups in total. The Labute approximate surface area is 183 Å². The second-order valence-corrected chi connectivity index (χ2v) is 9.93. The Morgan fingerprint density at radius 1 is 1.03 bits per heavy atom. The Kier molecular flexibility index (Phi) is 7.46. The SMILES string of the molecule is C[C@@H]1C[C@H](C)CN(C(=O)COC(=O)c2cccc(S(=O)(=O)NCc3ccccc3)c2)C1. The zero-order valence-electron chi connectivity index (χ0n) is 17.8. The first-order valence-electron chi connectivity index (χ1n) is 10.3. The molecule has 166 valence electrons. The summed E-state index contributed by atoms with van der Waals surface area (Å²) in [5, 5.41) is 0. The molecule has 1 amide bonds. The summed E-state index contributed by atoms with van der Waals surface area (Å²) in [5.41, 5.74) is 0.900. The van der Waals surface area contributed by atoms with E-state index in [0.717, 1.165) is 12.0 Å². The Morgan fingerprint density at radius 3 is 2.39 bits per heavy atom. The molecule has 1 heterocycles. The van der Waals surface area contributed by atoms with Crippen molar-refractivity contribution in [2.75, 3.05) is 19.7 Å². The van der Waals surface area contributed by atoms with Gasteiger partial charge in [0.05, 0.1) is 10.5 Å². The first-order valence-corrected chi connectivity index (χ1v) is 11.8. The van der Waals surface area contributed by atoms with E-state index in [4.69, 9.17) is 4.74 Å². The Bertz CT molecular complexity index is 1010. The number of ether oxygens (including phenoxy) is 1. The smallest absolute Gasteiger partial charge is 0.338 e. The number of hydrogen-bond donors (Lipinski definition) is 1. The van der Waals surface area contributed by atoms with Crippen molar-refractivity contribution in [2.24, 2.45) is 11.8 Å². The molecular weight excluding hydrogens is 416 g/mol. The molecule has 2 atom stereocenters. The summed E-state index contributed by atoms with van der Waals surface area (Å²) in [4.78, 5) is 26.5. The maximum Gasteiger partial charge on any atom is 0.338 e. The van der Waals surface area contributed by atoms with Gasteiger partial charge in [0.2, 0.25) is 10.0 Å². The summed E-state index contributed by atoms with van der Waals surface area (Å²) in [6.07, 6.45) is 1.07. The van der Waals surface area contributed by atoms with E-state index < -0.39 is 16.0 Å². The van der Waals surface area contributed by atoms with E-state index >= 15 is 0 Å². The number of rotatable bonds is 7. The molecule has 8 heteroatoms. The largest absolute Gasteiger partial charge is 0.452 e. The van der Waals surface area contributed by atoms with Gasteiger partial charge in [-0.2, -0.15) is 0 Å². The zero-order chi connectivity index (χ0) is 22.4. The highest BCUT2D eigenvalue weighted by Crippen LogP contribution is 2.21. The van der Waals surface area contributed by atoms with Crippen molar-refractivity contribution >= 4 is 21.9 Å². The number of piperidine rings is 1. The number of benzene rings is 2. The molecule has 0 radical (unpaired) electrons. The number of likely N-dealkylation sites (tertiary alicyclic amines) is 1. The lowest BCUT2D eigenvalue weighted by molar-refractivity contribution is -0.137. The van der Waals surface area contributed by atoms with Crippen LogP contribution in [0.2, 0.25) is 0 Å². The maximum absolute atomic E-state index is 12.6. The molecule has 1 aliphatic heterocycles. The molecule has 0 bridgehead atoms. The summed E-state index contributed by atoms with van der Waals surface area (Å²) in [7, 11) is -3.81. The van der Waals surface area contributed by atoms with Gasteiger partial charge in [0, 0.05) is 19.6 Å². The summed E-state index contributed by atoms with van der Waals surface area (Å²) in [5.74, 6) is -0.144. The minimum atomic E-state index is -3.81. The minimum Gasteiger partial charge on any atom is -0.452 e. The van der Waals surface area contributed by atoms with E-state index in [1.54, 1.807) is 4.90 Å². The summed E-state index contributed by atoms with van der Waals surface area (Å²) >= 11 is 0. The van der Waals surface area contributed by atoms with Crippen molar-refractivity contribution < 1.29 is 22.7 Å². The molecule has 2 aromatic carbocycles. The van der Waals surface area contributed by atoms with Crippen LogP contribution in [0.1, 0.15) is 36.2 Å². The lowest BCUT2D eigenvalue weighted by Gasteiger charge is -2.34. The van der Waals surface area contributed by atoms with E-state index in [1.165, 1.54) is 24.3 Å². The molecule has 1 aliphatic rings. The van der Waals surface area contributed by atoms with Crippen molar-refractivity contribution in [3.8, 4) is 0 Å². The quantitative estimate of drug-likeness (QED) is 0.663. The second kappa shape index (κ2) is 10.1. The predicted molar refractivity (Wildman–Crippen MR) is 117 cm³/mol. The van der Waals surface area contributed by atoms with E-state index in [1.807, 2.05) is 30.3 Å². The van der Waals surface area contributed by atoms with Gasteiger partial charge in [-0.15, -0.1) is 0 Å². The predicted octanol–water partition coefficient (Wildman–Crippen LogP) is 2.83. The molecule has 7 nitrogen and oxygen atoms in total. The van der Waals surface area contributed by atoms with Gasteiger partial charge in [0.15, 0.2) is 6.61 Å². The van der Waals surface area contributed by atoms with Crippen LogP contribution in [0.25, 0.3) is 0 Å². The summed E-state index contributed by atoms with van der Waals surface area (Å²) < 4.78 is 32.9. The van der Waals surface area contributed by atoms with Gasteiger partial charge in [-0.1, -0.05) is 50.2 Å². The van der Waals surface area contributed by atoms with Crippen LogP contribution in [0.5, 0.6) is 0 Å². The number of carbonyl (C=O) groups is 2. The molecule has 31 heavy (non-hydrogen) atoms. The molecule has 1 fully saturated rings. The van der Waals surface area contributed by atoms with Crippen LogP contribution in [0.3, 0.4) is 0 Å². The minimum absolute atomic E-state index is 0.0390. The standard InChI is InChI=1S/C23H28N2O5S/c1-17-11-18(2)15-25(14-17)22(26)16-30-23(27)20-9-6-10-21(12-20)31(28,29)24-13-19-7-4-3-5-8-19/h3-10,12,17-18,24H,11,13-16H2,1-2H3/t17-,18+. The van der Waals surface area contributed by atoms with Gasteiger partial charge in [-0.05, 0) is 42.0 Å². The highest BCUT2D eigenvalue weighted by Gasteiger charge is 2.26. The average molecular weight is 445 g/mol. The van der Waals surface area contributed by atoms with Gasteiger partial charge in [-0.25, -0.2) is 17.9 Å². The molecular formula is C23H28N2O5S. The van der Waals surface area contributed by atoms with Crippen molar-refractivity contribution in [2.45, 2.75) is 31.7 Å². The second-order valence-electron chi connectivity index (χ2n) is 8.16. The lowest BCUT2D eigenvalue weighted by atomic mass is 9.92. The van der Waals surface area contributed by atoms with Crippen molar-refractivity contribution in [1.29, 1.82) is 0 Å². The topological polar surface area (TPSA) is 92.8 Å². The molecule has 0 saturated carbocycles. The van der Waals surface area contributed by atoms with Crippen LogP contribution in [0.15, 0.2) is 59.5 Å². The number of sulfonamides is 1. The van der Waals surface area contributed by atoms with Gasteiger partial charge < -0.3 is 9.64 Å². The molecule has 0 aromatic heterocycles. The van der Waals surface area contributed by atoms with E-state index in [-0.39, 0.29) is 29.5 Å². The van der Waals surface area contributed by atoms with Crippen LogP contribution < -0.4 is 4.72 Å². The molecule has 0 spiro atoms. The van der Waals surface area contributed by atoms with Crippen LogP contribution in [0.4, 0.5) is 0 Å². The molecule has 0 unspecified atom stereocenters. The normalized spacial score (nSPS) is 19.1. The summed E-state index contributed by atoms with van der Waals surface area (Å²) in [6.45, 7) is 5.28. The first kappa shape index (κ1) is 23.0. The number of carbonyl (C=O) groups excluding carboxylic acids is 2. The number of nitrogens with zero attached hydrogens (tertiary/aromatic N) is 1. The summed E-state index contributed by atoms with van der Waals surface area (Å²) in [6, 6.07) is 14.7. The Balaban J connectivity index is 1.59. The molecule has 0 aliphatic carbocycles. The highest BCUT2D eigenvalue weighted by molar-refractivity contribution is 7.89. The Morgan fingerprint density at radius 2 is 1.71 bits per heavy atom. The first-order chi connectivity index (χ1) is 14.7. The lowest BCUT2D eigenvalue weighted by Crippen LogP contribution is -2.44. The fraction of sp³-hybridized carbons (Fsp3) is 0.391. The third-order valence-corrected chi connectivity index (χ3v) is 6.64. The van der Waals surface area contributed by atoms with Crippen molar-refractivity contribution in [1.82, 2.24) is 9.62 Å². The molecule has 2 aromatic rings. The fourth-order valence-corrected chi connectivity index (χ4v) is 4.88. The van der Waals surface area contributed by atoms with Crippen LogP contribution >= 0.6 is 0 Å². The van der Waals surface area contributed by atoms with Gasteiger partial charge in [0.1, 0.15) is 0 Å². The van der Waals surface area contributed by atoms with E-state index in [2.05, 4.69) is 18.6 Å². The maximum atomic E-state index is 12.6.